The third-order valence-corrected chi connectivity index (χ3v) is 9.80. The summed E-state index contributed by atoms with van der Waals surface area (Å²) in [6, 6.07) is 5.05. The van der Waals surface area contributed by atoms with Crippen molar-refractivity contribution >= 4 is 47.0 Å². The van der Waals surface area contributed by atoms with Crippen LogP contribution in [0.2, 0.25) is 25.7 Å². The molecular formula is C25H38BrF3N2O3SSi. The van der Waals surface area contributed by atoms with E-state index in [4.69, 9.17) is 9.47 Å². The zero-order chi connectivity index (χ0) is 27.5. The van der Waals surface area contributed by atoms with Crippen LogP contribution in [0.15, 0.2) is 27.7 Å². The molecule has 1 heterocycles. The van der Waals surface area contributed by atoms with Crippen LogP contribution < -0.4 is 0 Å². The molecule has 0 saturated heterocycles. The highest BCUT2D eigenvalue weighted by Gasteiger charge is 2.54. The van der Waals surface area contributed by atoms with Gasteiger partial charge >= 0.3 is 6.09 Å². The van der Waals surface area contributed by atoms with E-state index in [9.17, 15) is 9.18 Å². The number of nitrogens with zero attached hydrogens (tertiary/aromatic N) is 2. The second-order valence-corrected chi connectivity index (χ2v) is 19.6. The van der Waals surface area contributed by atoms with Crippen molar-refractivity contribution in [3.8, 4) is 0 Å². The van der Waals surface area contributed by atoms with Crippen LogP contribution in [0.5, 0.6) is 0 Å². The number of aliphatic imine (C=N–C) groups is 1. The van der Waals surface area contributed by atoms with Gasteiger partial charge in [0.2, 0.25) is 0 Å². The van der Waals surface area contributed by atoms with Gasteiger partial charge in [-0.3, -0.25) is 0 Å². The first kappa shape index (κ1) is 31.2. The van der Waals surface area contributed by atoms with Crippen molar-refractivity contribution in [3.63, 3.8) is 0 Å². The first-order chi connectivity index (χ1) is 16.5. The molecule has 0 unspecified atom stereocenters. The van der Waals surface area contributed by atoms with Crippen LogP contribution in [0.1, 0.15) is 40.2 Å². The van der Waals surface area contributed by atoms with Gasteiger partial charge in [0.15, 0.2) is 5.17 Å². The molecule has 0 radical (unpaired) electrons. The van der Waals surface area contributed by atoms with Gasteiger partial charge in [-0.05, 0) is 51.9 Å². The molecule has 2 rings (SSSR count). The van der Waals surface area contributed by atoms with E-state index in [1.807, 2.05) is 0 Å². The lowest BCUT2D eigenvalue weighted by atomic mass is 9.73. The number of hydrogen-bond donors (Lipinski definition) is 0. The summed E-state index contributed by atoms with van der Waals surface area (Å²) in [5, 5.41) is 0.0347. The number of halogens is 4. The third-order valence-electron chi connectivity index (χ3n) is 6.18. The van der Waals surface area contributed by atoms with Crippen LogP contribution in [-0.2, 0) is 15.0 Å². The Morgan fingerprint density at radius 2 is 1.89 bits per heavy atom. The van der Waals surface area contributed by atoms with E-state index in [0.717, 1.165) is 17.8 Å². The van der Waals surface area contributed by atoms with Crippen molar-refractivity contribution in [2.75, 3.05) is 26.7 Å². The molecule has 3 atom stereocenters. The molecule has 1 aliphatic rings. The topological polar surface area (TPSA) is 51.1 Å². The summed E-state index contributed by atoms with van der Waals surface area (Å²) in [6.45, 7) is 13.4. The lowest BCUT2D eigenvalue weighted by Gasteiger charge is -2.48. The number of ether oxygens (including phenoxy) is 2. The van der Waals surface area contributed by atoms with Crippen LogP contribution in [-0.4, -0.2) is 61.3 Å². The SMILES string of the molecule is C[C@@H]1[C@@](C)(CF)SC(N(COCC[Si](C)(C)C)C(=O)OC(C)(C)C)=N[C@]1(CF)c1cc(Br)ccc1F. The molecular weight excluding hydrogens is 573 g/mol. The van der Waals surface area contributed by atoms with Gasteiger partial charge in [0.1, 0.15) is 37.0 Å². The first-order valence-electron chi connectivity index (χ1n) is 11.9. The first-order valence-corrected chi connectivity index (χ1v) is 17.2. The van der Waals surface area contributed by atoms with E-state index in [2.05, 4.69) is 40.6 Å². The minimum absolute atomic E-state index is 0.00635. The number of thioether (sulfide) groups is 1. The van der Waals surface area contributed by atoms with E-state index >= 15 is 8.78 Å². The molecule has 204 valence electrons. The van der Waals surface area contributed by atoms with E-state index in [1.54, 1.807) is 34.6 Å². The molecule has 0 bridgehead atoms. The Morgan fingerprint density at radius 1 is 1.25 bits per heavy atom. The molecule has 0 saturated carbocycles. The maximum atomic E-state index is 15.1. The predicted molar refractivity (Wildman–Crippen MR) is 147 cm³/mol. The summed E-state index contributed by atoms with van der Waals surface area (Å²) < 4.78 is 55.5. The molecule has 0 fully saturated rings. The minimum Gasteiger partial charge on any atom is -0.443 e. The fraction of sp³-hybridized carbons (Fsp3) is 0.680. The number of benzene rings is 1. The number of carbonyl (C=O) groups excluding carboxylic acids is 1. The van der Waals surface area contributed by atoms with Crippen molar-refractivity contribution in [2.24, 2.45) is 10.9 Å². The van der Waals surface area contributed by atoms with Gasteiger partial charge in [-0.25, -0.2) is 27.9 Å². The minimum atomic E-state index is -1.76. The van der Waals surface area contributed by atoms with E-state index in [1.165, 1.54) is 23.1 Å². The maximum absolute atomic E-state index is 15.1. The zero-order valence-corrected chi connectivity index (χ0v) is 25.8. The lowest BCUT2D eigenvalue weighted by Crippen LogP contribution is -2.54. The summed E-state index contributed by atoms with van der Waals surface area (Å²) in [5.74, 6) is -1.40. The molecule has 0 aromatic heterocycles. The number of carbonyl (C=O) groups is 1. The van der Waals surface area contributed by atoms with Gasteiger partial charge in [0.05, 0.1) is 4.75 Å². The molecule has 0 aliphatic carbocycles. The molecule has 1 aliphatic heterocycles. The number of alkyl halides is 2. The normalized spacial score (nSPS) is 24.9. The molecule has 5 nitrogen and oxygen atoms in total. The quantitative estimate of drug-likeness (QED) is 0.171. The highest BCUT2D eigenvalue weighted by atomic mass is 79.9. The van der Waals surface area contributed by atoms with Crippen molar-refractivity contribution in [2.45, 2.75) is 76.2 Å². The molecule has 11 heteroatoms. The Labute approximate surface area is 226 Å². The molecule has 1 amide bonds. The molecule has 1 aromatic carbocycles. The number of hydrogen-bond acceptors (Lipinski definition) is 5. The monoisotopic (exact) mass is 610 g/mol. The van der Waals surface area contributed by atoms with Gasteiger partial charge in [-0.2, -0.15) is 0 Å². The second-order valence-electron chi connectivity index (χ2n) is 11.6. The Bertz CT molecular complexity index is 973. The smallest absolute Gasteiger partial charge is 0.418 e. The molecule has 0 spiro atoms. The Kier molecular flexibility index (Phi) is 10.2. The fourth-order valence-corrected chi connectivity index (χ4v) is 6.14. The molecule has 36 heavy (non-hydrogen) atoms. The number of amides is 1. The van der Waals surface area contributed by atoms with Crippen molar-refractivity contribution in [1.82, 2.24) is 4.90 Å². The Hall–Kier alpha value is -1.04. The standard InChI is InChI=1S/C25H38BrF3N2O3SSi/c1-17-24(5,14-27)35-21(30-25(17,15-28)19-13-18(26)9-10-20(19)29)31(22(32)34-23(2,3)4)16-33-11-12-36(6,7)8/h9-10,13,17H,11-12,14-16H2,1-8H3/t17-,24-,25+/m1/s1. The van der Waals surface area contributed by atoms with Crippen LogP contribution in [0.25, 0.3) is 0 Å². The predicted octanol–water partition coefficient (Wildman–Crippen LogP) is 7.77. The zero-order valence-electron chi connectivity index (χ0n) is 22.4. The van der Waals surface area contributed by atoms with E-state index in [-0.39, 0.29) is 17.5 Å². The van der Waals surface area contributed by atoms with Crippen LogP contribution >= 0.6 is 27.7 Å². The van der Waals surface area contributed by atoms with Crippen LogP contribution in [0.4, 0.5) is 18.0 Å². The van der Waals surface area contributed by atoms with Gasteiger partial charge < -0.3 is 9.47 Å². The highest BCUT2D eigenvalue weighted by Crippen LogP contribution is 2.52. The van der Waals surface area contributed by atoms with Gasteiger partial charge in [0.25, 0.3) is 0 Å². The van der Waals surface area contributed by atoms with Crippen LogP contribution in [0, 0.1) is 11.7 Å². The Balaban J connectivity index is 2.63. The van der Waals surface area contributed by atoms with Crippen LogP contribution in [0.3, 0.4) is 0 Å². The molecule has 0 N–H and O–H groups in total. The maximum Gasteiger partial charge on any atom is 0.418 e. The number of rotatable bonds is 8. The van der Waals surface area contributed by atoms with Gasteiger partial charge in [-0.15, -0.1) is 0 Å². The average molecular weight is 612 g/mol. The van der Waals surface area contributed by atoms with Gasteiger partial charge in [-0.1, -0.05) is 54.3 Å². The fourth-order valence-electron chi connectivity index (χ4n) is 3.73. The second kappa shape index (κ2) is 11.8. The summed E-state index contributed by atoms with van der Waals surface area (Å²) in [4.78, 5) is 19.1. The summed E-state index contributed by atoms with van der Waals surface area (Å²) in [5.41, 5.74) is -2.58. The Morgan fingerprint density at radius 3 is 2.42 bits per heavy atom. The van der Waals surface area contributed by atoms with Crippen molar-refractivity contribution in [1.29, 1.82) is 0 Å². The van der Waals surface area contributed by atoms with Gasteiger partial charge in [0, 0.05) is 30.6 Å². The summed E-state index contributed by atoms with van der Waals surface area (Å²) in [7, 11) is -1.40. The average Bonchev–Trinajstić information content (AvgIpc) is 2.75. The van der Waals surface area contributed by atoms with Crippen molar-refractivity contribution < 1.29 is 27.4 Å². The van der Waals surface area contributed by atoms with Crippen molar-refractivity contribution in [3.05, 3.63) is 34.1 Å². The molecule has 1 aromatic rings. The summed E-state index contributed by atoms with van der Waals surface area (Å²) in [6.07, 6.45) is -0.750. The number of amidine groups is 1. The lowest BCUT2D eigenvalue weighted by molar-refractivity contribution is 0.0105. The largest absolute Gasteiger partial charge is 0.443 e. The van der Waals surface area contributed by atoms with E-state index in [0.29, 0.717) is 11.1 Å². The third kappa shape index (κ3) is 7.51. The van der Waals surface area contributed by atoms with E-state index < -0.39 is 55.1 Å². The summed E-state index contributed by atoms with van der Waals surface area (Å²) >= 11 is 4.34. The highest BCUT2D eigenvalue weighted by molar-refractivity contribution is 9.10.